The van der Waals surface area contributed by atoms with Crippen LogP contribution < -0.4 is 4.87 Å². The Morgan fingerprint density at radius 2 is 2.06 bits per heavy atom. The minimum absolute atomic E-state index is 0.121. The Hall–Kier alpha value is -0.660. The summed E-state index contributed by atoms with van der Waals surface area (Å²) < 4.78 is 25.5. The number of rotatable bonds is 5. The first-order chi connectivity index (χ1) is 7.39. The summed E-state index contributed by atoms with van der Waals surface area (Å²) in [5.41, 5.74) is 0.415. The van der Waals surface area contributed by atoms with Gasteiger partial charge in [0.25, 0.3) is 10.0 Å². The normalized spacial score (nSPS) is 12.2. The zero-order valence-electron chi connectivity index (χ0n) is 9.61. The molecule has 1 N–H and O–H groups in total. The molecule has 0 bridgehead atoms. The maximum atomic E-state index is 12.0. The third-order valence-corrected chi connectivity index (χ3v) is 5.69. The molecule has 0 unspecified atom stereocenters. The first-order valence-corrected chi connectivity index (χ1v) is 7.31. The van der Waals surface area contributed by atoms with Crippen molar-refractivity contribution in [3.05, 3.63) is 15.4 Å². The van der Waals surface area contributed by atoms with Crippen molar-refractivity contribution < 1.29 is 8.42 Å². The van der Waals surface area contributed by atoms with Crippen molar-refractivity contribution in [2.75, 3.05) is 13.6 Å². The summed E-state index contributed by atoms with van der Waals surface area (Å²) in [5.74, 6) is 0. The van der Waals surface area contributed by atoms with E-state index in [-0.39, 0.29) is 9.08 Å². The minimum Gasteiger partial charge on any atom is -0.315 e. The number of H-pyrrole nitrogens is 1. The molecule has 0 atom stereocenters. The first kappa shape index (κ1) is 13.4. The van der Waals surface area contributed by atoms with Gasteiger partial charge in [0.1, 0.15) is 0 Å². The number of sulfonamides is 1. The van der Waals surface area contributed by atoms with Crippen LogP contribution >= 0.6 is 11.3 Å². The molecule has 0 saturated heterocycles. The van der Waals surface area contributed by atoms with Gasteiger partial charge in [-0.1, -0.05) is 24.7 Å². The summed E-state index contributed by atoms with van der Waals surface area (Å²) in [7, 11) is -1.96. The molecule has 1 aromatic rings. The summed E-state index contributed by atoms with van der Waals surface area (Å²) in [6.07, 6.45) is 1.75. The molecule has 0 aliphatic rings. The van der Waals surface area contributed by atoms with E-state index in [1.807, 2.05) is 6.92 Å². The molecule has 0 spiro atoms. The zero-order chi connectivity index (χ0) is 12.3. The van der Waals surface area contributed by atoms with Crippen LogP contribution in [0.4, 0.5) is 0 Å². The average molecular weight is 264 g/mol. The van der Waals surface area contributed by atoms with E-state index in [2.05, 4.69) is 4.98 Å². The van der Waals surface area contributed by atoms with Crippen LogP contribution in [0.3, 0.4) is 0 Å². The lowest BCUT2D eigenvalue weighted by Crippen LogP contribution is -2.27. The molecule has 0 saturated carbocycles. The molecule has 7 heteroatoms. The number of unbranched alkanes of at least 4 members (excludes halogenated alkanes) is 1. The Morgan fingerprint density at radius 3 is 2.50 bits per heavy atom. The molecular weight excluding hydrogens is 248 g/mol. The predicted molar refractivity (Wildman–Crippen MR) is 64.4 cm³/mol. The Labute approximate surface area is 99.2 Å². The van der Waals surface area contributed by atoms with Gasteiger partial charge in [-0.05, 0) is 13.3 Å². The highest BCUT2D eigenvalue weighted by Gasteiger charge is 2.24. The van der Waals surface area contributed by atoms with Gasteiger partial charge < -0.3 is 4.98 Å². The van der Waals surface area contributed by atoms with Crippen LogP contribution in [0.1, 0.15) is 25.5 Å². The van der Waals surface area contributed by atoms with Crippen LogP contribution in [0.2, 0.25) is 0 Å². The quantitative estimate of drug-likeness (QED) is 0.867. The second kappa shape index (κ2) is 5.11. The Kier molecular flexibility index (Phi) is 4.28. The maximum absolute atomic E-state index is 12.0. The molecular formula is C9H16N2O3S2. The maximum Gasteiger partial charge on any atom is 0.305 e. The van der Waals surface area contributed by atoms with Gasteiger partial charge in [-0.15, -0.1) is 0 Å². The molecule has 0 fully saturated rings. The number of hydrogen-bond donors (Lipinski definition) is 1. The molecule has 0 aliphatic heterocycles. The van der Waals surface area contributed by atoms with Crippen molar-refractivity contribution in [2.24, 2.45) is 0 Å². The van der Waals surface area contributed by atoms with Crippen molar-refractivity contribution in [2.45, 2.75) is 30.9 Å². The molecule has 1 rings (SSSR count). The summed E-state index contributed by atoms with van der Waals surface area (Å²) in [5, 5.41) is 0. The predicted octanol–water partition coefficient (Wildman–Crippen LogP) is 1.17. The fourth-order valence-electron chi connectivity index (χ4n) is 1.28. The molecule has 0 aromatic carbocycles. The highest BCUT2D eigenvalue weighted by molar-refractivity contribution is 7.91. The highest BCUT2D eigenvalue weighted by atomic mass is 32.2. The lowest BCUT2D eigenvalue weighted by Gasteiger charge is -2.15. The van der Waals surface area contributed by atoms with E-state index in [0.717, 1.165) is 24.2 Å². The van der Waals surface area contributed by atoms with Crippen molar-refractivity contribution in [1.82, 2.24) is 9.29 Å². The number of nitrogens with one attached hydrogen (secondary N) is 1. The molecule has 5 nitrogen and oxygen atoms in total. The SMILES string of the molecule is CCCCN(C)S(=O)(=O)c1sc(=O)[nH]c1C. The monoisotopic (exact) mass is 264 g/mol. The second-order valence-corrected chi connectivity index (χ2v) is 6.83. The van der Waals surface area contributed by atoms with Crippen molar-refractivity contribution in [3.63, 3.8) is 0 Å². The summed E-state index contributed by atoms with van der Waals surface area (Å²) in [4.78, 5) is 13.2. The van der Waals surface area contributed by atoms with Crippen LogP contribution in [0, 0.1) is 6.92 Å². The molecule has 0 aliphatic carbocycles. The number of aromatic amines is 1. The molecule has 1 heterocycles. The van der Waals surface area contributed by atoms with E-state index in [9.17, 15) is 13.2 Å². The fraction of sp³-hybridized carbons (Fsp3) is 0.667. The summed E-state index contributed by atoms with van der Waals surface area (Å²) >= 11 is 0.742. The van der Waals surface area contributed by atoms with Crippen LogP contribution in [0.25, 0.3) is 0 Å². The van der Waals surface area contributed by atoms with Crippen molar-refractivity contribution >= 4 is 21.4 Å². The van der Waals surface area contributed by atoms with Gasteiger partial charge in [0.15, 0.2) is 4.21 Å². The van der Waals surface area contributed by atoms with E-state index in [1.165, 1.54) is 11.4 Å². The summed E-state index contributed by atoms with van der Waals surface area (Å²) in [6, 6.07) is 0. The fourth-order valence-corrected chi connectivity index (χ4v) is 3.98. The van der Waals surface area contributed by atoms with Crippen LogP contribution in [0.5, 0.6) is 0 Å². The van der Waals surface area contributed by atoms with Crippen LogP contribution in [0.15, 0.2) is 9.00 Å². The van der Waals surface area contributed by atoms with E-state index in [0.29, 0.717) is 12.2 Å². The van der Waals surface area contributed by atoms with Gasteiger partial charge >= 0.3 is 4.87 Å². The third-order valence-electron chi connectivity index (χ3n) is 2.25. The van der Waals surface area contributed by atoms with E-state index in [4.69, 9.17) is 0 Å². The van der Waals surface area contributed by atoms with Crippen LogP contribution in [-0.4, -0.2) is 31.3 Å². The standard InChI is InChI=1S/C9H16N2O3S2/c1-4-5-6-11(3)16(13,14)8-7(2)10-9(12)15-8/h4-6H2,1-3H3,(H,10,12). The number of aryl methyl sites for hydroxylation is 1. The smallest absolute Gasteiger partial charge is 0.305 e. The Morgan fingerprint density at radius 1 is 1.44 bits per heavy atom. The lowest BCUT2D eigenvalue weighted by molar-refractivity contribution is 0.460. The molecule has 0 radical (unpaired) electrons. The van der Waals surface area contributed by atoms with Crippen molar-refractivity contribution in [1.29, 1.82) is 0 Å². The molecule has 92 valence electrons. The van der Waals surface area contributed by atoms with E-state index < -0.39 is 10.0 Å². The minimum atomic E-state index is -3.50. The van der Waals surface area contributed by atoms with Gasteiger partial charge in [-0.3, -0.25) is 4.79 Å². The van der Waals surface area contributed by atoms with Crippen LogP contribution in [-0.2, 0) is 10.0 Å². The van der Waals surface area contributed by atoms with Gasteiger partial charge in [0.05, 0.1) is 0 Å². The summed E-state index contributed by atoms with van der Waals surface area (Å²) in [6.45, 7) is 4.07. The van der Waals surface area contributed by atoms with Gasteiger partial charge in [-0.2, -0.15) is 0 Å². The molecule has 0 amide bonds. The largest absolute Gasteiger partial charge is 0.315 e. The van der Waals surface area contributed by atoms with Crippen molar-refractivity contribution in [3.8, 4) is 0 Å². The van der Waals surface area contributed by atoms with Gasteiger partial charge in [-0.25, -0.2) is 12.7 Å². The van der Waals surface area contributed by atoms with Gasteiger partial charge in [0, 0.05) is 19.3 Å². The average Bonchev–Trinajstić information content (AvgIpc) is 2.54. The number of aromatic nitrogens is 1. The Balaban J connectivity index is 3.02. The third kappa shape index (κ3) is 2.72. The highest BCUT2D eigenvalue weighted by Crippen LogP contribution is 2.20. The molecule has 16 heavy (non-hydrogen) atoms. The number of nitrogens with zero attached hydrogens (tertiary/aromatic N) is 1. The van der Waals surface area contributed by atoms with E-state index >= 15 is 0 Å². The topological polar surface area (TPSA) is 70.2 Å². The second-order valence-electron chi connectivity index (χ2n) is 3.61. The lowest BCUT2D eigenvalue weighted by atomic mass is 10.3. The zero-order valence-corrected chi connectivity index (χ0v) is 11.2. The Bertz CT molecular complexity index is 501. The molecule has 1 aromatic heterocycles. The van der Waals surface area contributed by atoms with Gasteiger partial charge in [0.2, 0.25) is 0 Å². The van der Waals surface area contributed by atoms with E-state index in [1.54, 1.807) is 6.92 Å². The number of hydrogen-bond acceptors (Lipinski definition) is 4. The number of thiazole rings is 1. The first-order valence-electron chi connectivity index (χ1n) is 5.05.